The number of nitrogens with zero attached hydrogens (tertiary/aromatic N) is 5. The Hall–Kier alpha value is -3.53. The first-order valence-electron chi connectivity index (χ1n) is 13.9. The van der Waals surface area contributed by atoms with Gasteiger partial charge in [0, 0.05) is 31.6 Å². The van der Waals surface area contributed by atoms with Crippen molar-refractivity contribution < 1.29 is 18.3 Å². The highest BCUT2D eigenvalue weighted by atomic mass is 32.2. The number of rotatable bonds is 8. The first kappa shape index (κ1) is 26.7. The van der Waals surface area contributed by atoms with Gasteiger partial charge in [0.25, 0.3) is 10.0 Å². The zero-order valence-corrected chi connectivity index (χ0v) is 23.0. The Morgan fingerprint density at radius 2 is 1.93 bits per heavy atom. The lowest BCUT2D eigenvalue weighted by Crippen LogP contribution is -2.23. The van der Waals surface area contributed by atoms with Gasteiger partial charge in [-0.3, -0.25) is 0 Å². The number of pyridine rings is 1. The van der Waals surface area contributed by atoms with Crippen molar-refractivity contribution in [2.24, 2.45) is 5.92 Å². The summed E-state index contributed by atoms with van der Waals surface area (Å²) in [5.41, 5.74) is 2.18. The lowest BCUT2D eigenvalue weighted by Gasteiger charge is -2.26. The Bertz CT molecular complexity index is 1510. The van der Waals surface area contributed by atoms with Crippen molar-refractivity contribution in [3.8, 4) is 23.2 Å². The maximum absolute atomic E-state index is 12.5. The van der Waals surface area contributed by atoms with Crippen LogP contribution in [0.25, 0.3) is 11.4 Å². The second-order valence-electron chi connectivity index (χ2n) is 10.7. The molecule has 1 atom stereocenters. The zero-order valence-electron chi connectivity index (χ0n) is 22.2. The van der Waals surface area contributed by atoms with Gasteiger partial charge in [-0.05, 0) is 63.4 Å². The number of aliphatic hydroxyl groups is 1. The molecule has 3 aromatic rings. The van der Waals surface area contributed by atoms with Gasteiger partial charge in [0.1, 0.15) is 17.7 Å². The number of nitrogens with one attached hydrogen (secondary N) is 2. The van der Waals surface area contributed by atoms with E-state index >= 15 is 0 Å². The molecule has 11 nitrogen and oxygen atoms in total. The average molecular weight is 564 g/mol. The summed E-state index contributed by atoms with van der Waals surface area (Å²) < 4.78 is 31.7. The van der Waals surface area contributed by atoms with Crippen LogP contribution in [0.5, 0.6) is 0 Å². The lowest BCUT2D eigenvalue weighted by atomic mass is 9.87. The topological polar surface area (TPSA) is 144 Å². The van der Waals surface area contributed by atoms with Crippen LogP contribution in [0.1, 0.15) is 56.9 Å². The molecule has 0 bridgehead atoms. The minimum atomic E-state index is -3.46. The van der Waals surface area contributed by atoms with E-state index in [9.17, 15) is 13.5 Å². The van der Waals surface area contributed by atoms with Crippen molar-refractivity contribution >= 4 is 27.3 Å². The molecule has 4 heterocycles. The molecule has 2 saturated carbocycles. The van der Waals surface area contributed by atoms with E-state index < -0.39 is 10.0 Å². The van der Waals surface area contributed by atoms with Crippen LogP contribution < -0.4 is 10.6 Å². The smallest absolute Gasteiger partial charge is 0.256 e. The molecule has 1 aliphatic heterocycles. The summed E-state index contributed by atoms with van der Waals surface area (Å²) in [6.45, 7) is 1.54. The largest absolute Gasteiger partial charge is 0.393 e. The van der Waals surface area contributed by atoms with Gasteiger partial charge in [-0.15, -0.1) is 0 Å². The summed E-state index contributed by atoms with van der Waals surface area (Å²) in [6, 6.07) is 3.64. The fourth-order valence-electron chi connectivity index (χ4n) is 5.00. The zero-order chi connectivity index (χ0) is 27.5. The van der Waals surface area contributed by atoms with Crippen LogP contribution in [0, 0.1) is 17.8 Å². The van der Waals surface area contributed by atoms with Gasteiger partial charge in [-0.1, -0.05) is 11.8 Å². The molecule has 1 unspecified atom stereocenters. The van der Waals surface area contributed by atoms with Crippen molar-refractivity contribution in [3.63, 3.8) is 0 Å². The third-order valence-corrected chi connectivity index (χ3v) is 9.57. The maximum atomic E-state index is 12.5. The highest BCUT2D eigenvalue weighted by Crippen LogP contribution is 2.31. The molecule has 40 heavy (non-hydrogen) atoms. The van der Waals surface area contributed by atoms with Crippen LogP contribution in [0.3, 0.4) is 0 Å². The van der Waals surface area contributed by atoms with Crippen molar-refractivity contribution in [2.45, 2.75) is 68.8 Å². The summed E-state index contributed by atoms with van der Waals surface area (Å²) in [5, 5.41) is 20.3. The van der Waals surface area contributed by atoms with Gasteiger partial charge in [0.15, 0.2) is 5.82 Å². The molecule has 0 spiro atoms. The molecule has 12 heteroatoms. The maximum Gasteiger partial charge on any atom is 0.256 e. The third-order valence-electron chi connectivity index (χ3n) is 7.54. The first-order chi connectivity index (χ1) is 19.4. The molecule has 3 aliphatic rings. The van der Waals surface area contributed by atoms with Crippen molar-refractivity contribution in [2.75, 3.05) is 23.8 Å². The number of aromatic nitrogens is 5. The fourth-order valence-corrected chi connectivity index (χ4v) is 6.48. The van der Waals surface area contributed by atoms with Crippen molar-refractivity contribution in [1.82, 2.24) is 24.1 Å². The fraction of sp³-hybridized carbons (Fsp3) is 0.500. The van der Waals surface area contributed by atoms with E-state index in [1.807, 2.05) is 6.07 Å². The minimum Gasteiger partial charge on any atom is -0.393 e. The van der Waals surface area contributed by atoms with Gasteiger partial charge < -0.3 is 20.5 Å². The van der Waals surface area contributed by atoms with E-state index in [1.165, 1.54) is 12.4 Å². The molecule has 6 rings (SSSR count). The Kier molecular flexibility index (Phi) is 7.69. The molecule has 0 radical (unpaired) electrons. The number of aliphatic hydroxyl groups excluding tert-OH is 1. The Morgan fingerprint density at radius 3 is 2.70 bits per heavy atom. The molecular weight excluding hydrogens is 530 g/mol. The molecular formula is C28H33N7O4S. The predicted molar refractivity (Wildman–Crippen MR) is 150 cm³/mol. The molecule has 210 valence electrons. The molecule has 3 N–H and O–H groups in total. The van der Waals surface area contributed by atoms with Gasteiger partial charge in [-0.25, -0.2) is 23.4 Å². The monoisotopic (exact) mass is 563 g/mol. The quantitative estimate of drug-likeness (QED) is 0.349. The number of ether oxygens (including phenoxy) is 1. The highest BCUT2D eigenvalue weighted by molar-refractivity contribution is 7.90. The summed E-state index contributed by atoms with van der Waals surface area (Å²) >= 11 is 0. The Balaban J connectivity index is 1.20. The summed E-state index contributed by atoms with van der Waals surface area (Å²) in [4.78, 5) is 13.4. The SMILES string of the molecule is O=S(=O)(C1CC1)n1cc(-c2nccc(Nc3cc(NCC4CCC(O)CC4)c(C#CC4CCCO4)cn3)n2)cn1. The van der Waals surface area contributed by atoms with Crippen LogP contribution in [-0.4, -0.2) is 68.3 Å². The molecule has 3 fully saturated rings. The predicted octanol–water partition coefficient (Wildman–Crippen LogP) is 3.31. The van der Waals surface area contributed by atoms with E-state index in [0.717, 1.165) is 67.0 Å². The summed E-state index contributed by atoms with van der Waals surface area (Å²) in [7, 11) is -3.46. The molecule has 1 saturated heterocycles. The molecule has 3 aromatic heterocycles. The van der Waals surface area contributed by atoms with E-state index in [1.54, 1.807) is 18.5 Å². The lowest BCUT2D eigenvalue weighted by molar-refractivity contribution is 0.111. The first-order valence-corrected chi connectivity index (χ1v) is 15.4. The van der Waals surface area contributed by atoms with Crippen molar-refractivity contribution in [3.05, 3.63) is 42.5 Å². The normalized spacial score (nSPS) is 22.9. The molecule has 0 amide bonds. The minimum absolute atomic E-state index is 0.0476. The number of hydrogen-bond donors (Lipinski definition) is 3. The van der Waals surface area contributed by atoms with Crippen LogP contribution >= 0.6 is 0 Å². The standard InChI is InChI=1S/C28H33N7O4S/c36-22-6-3-19(4-7-22)15-30-25-14-27(31-16-20(25)5-8-23-2-1-13-39-23)33-26-11-12-29-28(34-26)21-17-32-35(18-21)40(37,38)24-9-10-24/h11-12,14,16-19,22-24,36H,1-4,6-7,9-10,13,15H2,(H2,29,30,31,33,34). The van der Waals surface area contributed by atoms with Crippen LogP contribution in [0.2, 0.25) is 0 Å². The Labute approximate surface area is 233 Å². The van der Waals surface area contributed by atoms with Gasteiger partial charge in [0.2, 0.25) is 0 Å². The molecule has 0 aromatic carbocycles. The number of hydrogen-bond acceptors (Lipinski definition) is 10. The second-order valence-corrected chi connectivity index (χ2v) is 12.7. The van der Waals surface area contributed by atoms with E-state index in [0.29, 0.717) is 41.8 Å². The third kappa shape index (κ3) is 6.27. The van der Waals surface area contributed by atoms with E-state index in [2.05, 4.69) is 42.5 Å². The average Bonchev–Trinajstić information content (AvgIpc) is 3.47. The van der Waals surface area contributed by atoms with Crippen LogP contribution in [0.15, 0.2) is 36.9 Å². The van der Waals surface area contributed by atoms with Crippen LogP contribution in [-0.2, 0) is 14.8 Å². The van der Waals surface area contributed by atoms with Gasteiger partial charge in [-0.2, -0.15) is 9.19 Å². The van der Waals surface area contributed by atoms with E-state index in [-0.39, 0.29) is 17.5 Å². The van der Waals surface area contributed by atoms with Crippen LogP contribution in [0.4, 0.5) is 17.3 Å². The second kappa shape index (κ2) is 11.5. The molecule has 2 aliphatic carbocycles. The Morgan fingerprint density at radius 1 is 1.07 bits per heavy atom. The summed E-state index contributed by atoms with van der Waals surface area (Å²) in [5.74, 6) is 8.42. The van der Waals surface area contributed by atoms with E-state index in [4.69, 9.17) is 4.74 Å². The van der Waals surface area contributed by atoms with Gasteiger partial charge in [0.05, 0.1) is 40.6 Å². The highest BCUT2D eigenvalue weighted by Gasteiger charge is 2.37. The van der Waals surface area contributed by atoms with Crippen molar-refractivity contribution in [1.29, 1.82) is 0 Å². The number of anilines is 3. The summed E-state index contributed by atoms with van der Waals surface area (Å²) in [6.07, 6.45) is 13.0. The van der Waals surface area contributed by atoms with Gasteiger partial charge >= 0.3 is 0 Å².